The molecule has 1 heterocycles. The number of piperidine rings is 1. The minimum atomic E-state index is -3.82. The van der Waals surface area contributed by atoms with Gasteiger partial charge < -0.3 is 4.90 Å². The highest BCUT2D eigenvalue weighted by Gasteiger charge is 2.25. The Morgan fingerprint density at radius 2 is 1.95 bits per heavy atom. The van der Waals surface area contributed by atoms with Crippen molar-refractivity contribution in [2.24, 2.45) is 11.1 Å². The van der Waals surface area contributed by atoms with Gasteiger partial charge in [-0.25, -0.2) is 13.6 Å². The van der Waals surface area contributed by atoms with Crippen molar-refractivity contribution in [1.29, 1.82) is 0 Å². The monoisotopic (exact) mass is 310 g/mol. The lowest BCUT2D eigenvalue weighted by Gasteiger charge is -2.31. The molecule has 0 bridgehead atoms. The van der Waals surface area contributed by atoms with Crippen LogP contribution in [0.15, 0.2) is 17.0 Å². The Morgan fingerprint density at radius 1 is 1.29 bits per heavy atom. The molecule has 5 nitrogen and oxygen atoms in total. The Balaban J connectivity index is 2.41. The number of benzene rings is 1. The maximum absolute atomic E-state index is 12.6. The van der Waals surface area contributed by atoms with Crippen LogP contribution in [0.5, 0.6) is 0 Å². The van der Waals surface area contributed by atoms with Crippen LogP contribution in [-0.4, -0.2) is 32.3 Å². The highest BCUT2D eigenvalue weighted by molar-refractivity contribution is 7.89. The maximum Gasteiger partial charge on any atom is 0.254 e. The van der Waals surface area contributed by atoms with Crippen LogP contribution in [0.1, 0.15) is 41.3 Å². The largest absolute Gasteiger partial charge is 0.338 e. The molecular formula is C15H22N2O3S. The second-order valence-corrected chi connectivity index (χ2v) is 7.51. The summed E-state index contributed by atoms with van der Waals surface area (Å²) in [5.74, 6) is 0.370. The number of hydrogen-bond acceptors (Lipinski definition) is 3. The van der Waals surface area contributed by atoms with E-state index in [2.05, 4.69) is 6.92 Å². The van der Waals surface area contributed by atoms with E-state index >= 15 is 0 Å². The number of hydrogen-bond donors (Lipinski definition) is 1. The Bertz CT molecular complexity index is 668. The van der Waals surface area contributed by atoms with Crippen molar-refractivity contribution in [2.45, 2.75) is 38.5 Å². The summed E-state index contributed by atoms with van der Waals surface area (Å²) in [7, 11) is -3.82. The lowest BCUT2D eigenvalue weighted by Crippen LogP contribution is -2.39. The van der Waals surface area contributed by atoms with Gasteiger partial charge in [-0.2, -0.15) is 0 Å². The van der Waals surface area contributed by atoms with Crippen molar-refractivity contribution < 1.29 is 13.2 Å². The van der Waals surface area contributed by atoms with Gasteiger partial charge in [0.15, 0.2) is 0 Å². The molecule has 21 heavy (non-hydrogen) atoms. The van der Waals surface area contributed by atoms with Crippen LogP contribution in [-0.2, 0) is 10.0 Å². The van der Waals surface area contributed by atoms with Gasteiger partial charge in [-0.05, 0) is 49.8 Å². The van der Waals surface area contributed by atoms with Crippen molar-refractivity contribution in [3.8, 4) is 0 Å². The van der Waals surface area contributed by atoms with Gasteiger partial charge in [0, 0.05) is 18.7 Å². The van der Waals surface area contributed by atoms with Gasteiger partial charge in [0.1, 0.15) is 0 Å². The summed E-state index contributed by atoms with van der Waals surface area (Å²) in [6.45, 7) is 7.07. The molecule has 0 saturated carbocycles. The lowest BCUT2D eigenvalue weighted by molar-refractivity contribution is 0.0682. The Hall–Kier alpha value is -1.40. The van der Waals surface area contributed by atoms with Crippen LogP contribution in [0.25, 0.3) is 0 Å². The quantitative estimate of drug-likeness (QED) is 0.905. The second kappa shape index (κ2) is 5.77. The number of carbonyl (C=O) groups is 1. The third kappa shape index (κ3) is 3.44. The highest BCUT2D eigenvalue weighted by Crippen LogP contribution is 2.23. The molecule has 0 aliphatic carbocycles. The Labute approximate surface area is 126 Å². The number of rotatable bonds is 2. The molecule has 1 atom stereocenters. The van der Waals surface area contributed by atoms with Crippen molar-refractivity contribution in [1.82, 2.24) is 4.90 Å². The molecule has 116 valence electrons. The summed E-state index contributed by atoms with van der Waals surface area (Å²) in [6.07, 6.45) is 2.11. The fourth-order valence-electron chi connectivity index (χ4n) is 2.91. The van der Waals surface area contributed by atoms with Crippen molar-refractivity contribution in [3.63, 3.8) is 0 Å². The van der Waals surface area contributed by atoms with Gasteiger partial charge in [-0.15, -0.1) is 0 Å². The van der Waals surface area contributed by atoms with Crippen LogP contribution in [0.2, 0.25) is 0 Å². The number of sulfonamides is 1. The summed E-state index contributed by atoms with van der Waals surface area (Å²) < 4.78 is 23.2. The highest BCUT2D eigenvalue weighted by atomic mass is 32.2. The van der Waals surface area contributed by atoms with Crippen molar-refractivity contribution in [3.05, 3.63) is 28.8 Å². The topological polar surface area (TPSA) is 80.5 Å². The van der Waals surface area contributed by atoms with Crippen molar-refractivity contribution in [2.75, 3.05) is 13.1 Å². The van der Waals surface area contributed by atoms with Crippen LogP contribution in [0.3, 0.4) is 0 Å². The Kier molecular flexibility index (Phi) is 4.39. The van der Waals surface area contributed by atoms with E-state index in [4.69, 9.17) is 5.14 Å². The van der Waals surface area contributed by atoms with Crippen LogP contribution in [0, 0.1) is 19.8 Å². The summed E-state index contributed by atoms with van der Waals surface area (Å²) in [6, 6.07) is 3.13. The zero-order valence-electron chi connectivity index (χ0n) is 12.7. The average Bonchev–Trinajstić information content (AvgIpc) is 2.36. The van der Waals surface area contributed by atoms with E-state index in [9.17, 15) is 13.2 Å². The smallest absolute Gasteiger partial charge is 0.254 e. The molecule has 1 fully saturated rings. The molecule has 1 amide bonds. The second-order valence-electron chi connectivity index (χ2n) is 5.98. The van der Waals surface area contributed by atoms with E-state index in [0.29, 0.717) is 17.0 Å². The molecule has 1 unspecified atom stereocenters. The predicted molar refractivity (Wildman–Crippen MR) is 81.6 cm³/mol. The van der Waals surface area contributed by atoms with Crippen LogP contribution < -0.4 is 5.14 Å². The van der Waals surface area contributed by atoms with E-state index in [0.717, 1.165) is 31.5 Å². The van der Waals surface area contributed by atoms with Crippen LogP contribution >= 0.6 is 0 Å². The van der Waals surface area contributed by atoms with Gasteiger partial charge in [0.2, 0.25) is 10.0 Å². The molecule has 1 aromatic rings. The zero-order valence-corrected chi connectivity index (χ0v) is 13.5. The number of aryl methyl sites for hydroxylation is 2. The minimum Gasteiger partial charge on any atom is -0.338 e. The maximum atomic E-state index is 12.6. The van der Waals surface area contributed by atoms with E-state index < -0.39 is 10.0 Å². The molecule has 0 spiro atoms. The molecule has 1 aromatic carbocycles. The van der Waals surface area contributed by atoms with Crippen molar-refractivity contribution >= 4 is 15.9 Å². The summed E-state index contributed by atoms with van der Waals surface area (Å²) in [5.41, 5.74) is 1.78. The van der Waals surface area contributed by atoms with E-state index in [1.165, 1.54) is 6.07 Å². The fourth-order valence-corrected chi connectivity index (χ4v) is 3.70. The number of likely N-dealkylation sites (tertiary alicyclic amines) is 1. The standard InChI is InChI=1S/C15H22N2O3S/c1-10-5-4-6-17(9-10)15(18)13-8-14(21(16,19)20)12(3)7-11(13)2/h7-8,10H,4-6,9H2,1-3H3,(H2,16,19,20). The van der Waals surface area contributed by atoms with Gasteiger partial charge >= 0.3 is 0 Å². The summed E-state index contributed by atoms with van der Waals surface area (Å²) >= 11 is 0. The normalized spacial score (nSPS) is 19.6. The zero-order chi connectivity index (χ0) is 15.8. The third-order valence-corrected chi connectivity index (χ3v) is 5.06. The first kappa shape index (κ1) is 16.0. The first-order valence-electron chi connectivity index (χ1n) is 7.13. The van der Waals surface area contributed by atoms with E-state index in [-0.39, 0.29) is 10.8 Å². The van der Waals surface area contributed by atoms with Gasteiger partial charge in [-0.1, -0.05) is 13.0 Å². The number of nitrogens with two attached hydrogens (primary N) is 1. The first-order valence-corrected chi connectivity index (χ1v) is 8.68. The number of primary sulfonamides is 1. The third-order valence-electron chi connectivity index (χ3n) is 4.00. The first-order chi connectivity index (χ1) is 9.70. The molecule has 2 rings (SSSR count). The molecule has 1 aliphatic heterocycles. The molecule has 0 radical (unpaired) electrons. The molecule has 2 N–H and O–H groups in total. The molecular weight excluding hydrogens is 288 g/mol. The van der Waals surface area contributed by atoms with Gasteiger partial charge in [-0.3, -0.25) is 4.79 Å². The van der Waals surface area contributed by atoms with Crippen LogP contribution in [0.4, 0.5) is 0 Å². The fraction of sp³-hybridized carbons (Fsp3) is 0.533. The molecule has 1 aliphatic rings. The summed E-state index contributed by atoms with van der Waals surface area (Å²) in [5, 5.41) is 5.22. The van der Waals surface area contributed by atoms with Gasteiger partial charge in [0.25, 0.3) is 5.91 Å². The predicted octanol–water partition coefficient (Wildman–Crippen LogP) is 1.82. The molecule has 1 saturated heterocycles. The minimum absolute atomic E-state index is 0.0292. The number of carbonyl (C=O) groups excluding carboxylic acids is 1. The van der Waals surface area contributed by atoms with Gasteiger partial charge in [0.05, 0.1) is 4.90 Å². The molecule has 0 aromatic heterocycles. The number of amides is 1. The number of nitrogens with zero attached hydrogens (tertiary/aromatic N) is 1. The Morgan fingerprint density at radius 3 is 2.52 bits per heavy atom. The summed E-state index contributed by atoms with van der Waals surface area (Å²) in [4.78, 5) is 14.5. The van der Waals surface area contributed by atoms with E-state index in [1.807, 2.05) is 6.92 Å². The SMILES string of the molecule is Cc1cc(C)c(S(N)(=O)=O)cc1C(=O)N1CCCC(C)C1. The average molecular weight is 310 g/mol. The molecule has 6 heteroatoms. The lowest BCUT2D eigenvalue weighted by atomic mass is 9.98. The van der Waals surface area contributed by atoms with E-state index in [1.54, 1.807) is 17.9 Å².